The van der Waals surface area contributed by atoms with Gasteiger partial charge in [-0.25, -0.2) is 4.79 Å². The number of halogens is 2. The molecule has 10 heavy (non-hydrogen) atoms. The van der Waals surface area contributed by atoms with Gasteiger partial charge in [0.1, 0.15) is 4.88 Å². The molecule has 0 saturated carbocycles. The molecule has 0 aromatic carbocycles. The fraction of sp³-hybridized carbons (Fsp3) is 0. The van der Waals surface area contributed by atoms with Crippen molar-refractivity contribution < 1.29 is 9.90 Å². The second-order valence-electron chi connectivity index (χ2n) is 1.53. The Balaban J connectivity index is 3.17. The molecule has 0 atom stereocenters. The molecule has 0 bridgehead atoms. The predicted molar refractivity (Wildman–Crippen MR) is 41.3 cm³/mol. The van der Waals surface area contributed by atoms with Gasteiger partial charge in [0.05, 0.1) is 10.0 Å². The number of rotatable bonds is 1. The SMILES string of the molecule is O=C(O)c1scc(Cl)c1Cl. The van der Waals surface area contributed by atoms with Crippen molar-refractivity contribution in [2.24, 2.45) is 0 Å². The van der Waals surface area contributed by atoms with Crippen LogP contribution in [-0.4, -0.2) is 11.1 Å². The van der Waals surface area contributed by atoms with Crippen LogP contribution in [0.5, 0.6) is 0 Å². The van der Waals surface area contributed by atoms with Gasteiger partial charge in [-0.1, -0.05) is 23.2 Å². The van der Waals surface area contributed by atoms with Crippen LogP contribution < -0.4 is 0 Å². The zero-order valence-corrected chi connectivity index (χ0v) is 6.93. The van der Waals surface area contributed by atoms with Gasteiger partial charge in [0.2, 0.25) is 0 Å². The molecule has 1 rings (SSSR count). The summed E-state index contributed by atoms with van der Waals surface area (Å²) in [5.41, 5.74) is 0. The zero-order chi connectivity index (χ0) is 7.72. The Morgan fingerprint density at radius 2 is 2.20 bits per heavy atom. The topological polar surface area (TPSA) is 37.3 Å². The lowest BCUT2D eigenvalue weighted by Crippen LogP contribution is -1.91. The van der Waals surface area contributed by atoms with Crippen LogP contribution in [0.1, 0.15) is 9.67 Å². The first kappa shape index (κ1) is 7.85. The molecule has 5 heteroatoms. The van der Waals surface area contributed by atoms with Gasteiger partial charge in [-0.05, 0) is 0 Å². The summed E-state index contributed by atoms with van der Waals surface area (Å²) in [5, 5.41) is 10.4. The third-order valence-electron chi connectivity index (χ3n) is 0.884. The molecular formula is C5H2Cl2O2S. The Hall–Kier alpha value is -0.250. The van der Waals surface area contributed by atoms with Crippen molar-refractivity contribution in [1.82, 2.24) is 0 Å². The minimum absolute atomic E-state index is 0.0895. The average molecular weight is 197 g/mol. The van der Waals surface area contributed by atoms with Gasteiger partial charge in [0.25, 0.3) is 0 Å². The first-order chi connectivity index (χ1) is 4.63. The Kier molecular flexibility index (Phi) is 2.18. The summed E-state index contributed by atoms with van der Waals surface area (Å²) < 4.78 is 0. The van der Waals surface area contributed by atoms with Crippen LogP contribution in [0.4, 0.5) is 0 Å². The van der Waals surface area contributed by atoms with E-state index in [2.05, 4.69) is 0 Å². The molecule has 0 aliphatic rings. The molecule has 2 nitrogen and oxygen atoms in total. The highest BCUT2D eigenvalue weighted by molar-refractivity contribution is 7.13. The van der Waals surface area contributed by atoms with E-state index in [9.17, 15) is 4.79 Å². The van der Waals surface area contributed by atoms with E-state index in [0.29, 0.717) is 5.02 Å². The lowest BCUT2D eigenvalue weighted by molar-refractivity contribution is 0.0702. The average Bonchev–Trinajstić information content (AvgIpc) is 2.14. The summed E-state index contributed by atoms with van der Waals surface area (Å²) in [6, 6.07) is 0. The summed E-state index contributed by atoms with van der Waals surface area (Å²) >= 11 is 12.0. The van der Waals surface area contributed by atoms with E-state index < -0.39 is 5.97 Å². The Bertz CT molecular complexity index is 269. The molecule has 0 fully saturated rings. The van der Waals surface area contributed by atoms with Gasteiger partial charge in [-0.3, -0.25) is 0 Å². The normalized spacial score (nSPS) is 9.80. The van der Waals surface area contributed by atoms with Crippen molar-refractivity contribution in [3.63, 3.8) is 0 Å². The smallest absolute Gasteiger partial charge is 0.347 e. The molecule has 0 amide bonds. The lowest BCUT2D eigenvalue weighted by atomic mass is 10.5. The van der Waals surface area contributed by atoms with Gasteiger partial charge in [-0.15, -0.1) is 11.3 Å². The highest BCUT2D eigenvalue weighted by atomic mass is 35.5. The van der Waals surface area contributed by atoms with Crippen LogP contribution in [0.25, 0.3) is 0 Å². The second-order valence-corrected chi connectivity index (χ2v) is 3.20. The van der Waals surface area contributed by atoms with Gasteiger partial charge in [0.15, 0.2) is 0 Å². The van der Waals surface area contributed by atoms with Gasteiger partial charge in [0, 0.05) is 5.38 Å². The third kappa shape index (κ3) is 1.26. The molecule has 0 spiro atoms. The maximum Gasteiger partial charge on any atom is 0.347 e. The third-order valence-corrected chi connectivity index (χ3v) is 2.88. The number of carboxylic acids is 1. The highest BCUT2D eigenvalue weighted by Gasteiger charge is 2.13. The van der Waals surface area contributed by atoms with Crippen molar-refractivity contribution in [1.29, 1.82) is 0 Å². The zero-order valence-electron chi connectivity index (χ0n) is 4.60. The summed E-state index contributed by atoms with van der Waals surface area (Å²) in [5.74, 6) is -1.04. The largest absolute Gasteiger partial charge is 0.477 e. The number of hydrogen-bond acceptors (Lipinski definition) is 2. The Morgan fingerprint density at radius 1 is 1.60 bits per heavy atom. The number of hydrogen-bond donors (Lipinski definition) is 1. The highest BCUT2D eigenvalue weighted by Crippen LogP contribution is 2.31. The molecule has 0 saturated heterocycles. The van der Waals surface area contributed by atoms with E-state index in [-0.39, 0.29) is 9.90 Å². The van der Waals surface area contributed by atoms with Crippen LogP contribution in [0, 0.1) is 0 Å². The van der Waals surface area contributed by atoms with Crippen molar-refractivity contribution in [2.45, 2.75) is 0 Å². The Morgan fingerprint density at radius 3 is 2.40 bits per heavy atom. The van der Waals surface area contributed by atoms with Gasteiger partial charge >= 0.3 is 5.97 Å². The molecule has 1 aromatic rings. The van der Waals surface area contributed by atoms with E-state index in [0.717, 1.165) is 11.3 Å². The number of thiophene rings is 1. The van der Waals surface area contributed by atoms with Crippen molar-refractivity contribution >= 4 is 40.5 Å². The molecule has 54 valence electrons. The van der Waals surface area contributed by atoms with Crippen LogP contribution in [0.2, 0.25) is 10.0 Å². The lowest BCUT2D eigenvalue weighted by Gasteiger charge is -1.86. The van der Waals surface area contributed by atoms with Crippen LogP contribution >= 0.6 is 34.5 Å². The molecule has 0 radical (unpaired) electrons. The molecule has 1 N–H and O–H groups in total. The molecule has 0 unspecified atom stereocenters. The fourth-order valence-electron chi connectivity index (χ4n) is 0.467. The van der Waals surface area contributed by atoms with Crippen LogP contribution in [0.15, 0.2) is 5.38 Å². The predicted octanol–water partition coefficient (Wildman–Crippen LogP) is 2.75. The minimum atomic E-state index is -1.04. The minimum Gasteiger partial charge on any atom is -0.477 e. The van der Waals surface area contributed by atoms with Gasteiger partial charge in [-0.2, -0.15) is 0 Å². The van der Waals surface area contributed by atoms with Gasteiger partial charge < -0.3 is 5.11 Å². The van der Waals surface area contributed by atoms with Crippen LogP contribution in [-0.2, 0) is 0 Å². The fourth-order valence-corrected chi connectivity index (χ4v) is 1.74. The van der Waals surface area contributed by atoms with Crippen molar-refractivity contribution in [2.75, 3.05) is 0 Å². The molecular weight excluding hydrogens is 195 g/mol. The van der Waals surface area contributed by atoms with E-state index in [4.69, 9.17) is 28.3 Å². The summed E-state index contributed by atoms with van der Waals surface area (Å²) in [7, 11) is 0. The first-order valence-corrected chi connectivity index (χ1v) is 3.92. The van der Waals surface area contributed by atoms with E-state index >= 15 is 0 Å². The van der Waals surface area contributed by atoms with Crippen molar-refractivity contribution in [3.05, 3.63) is 20.3 Å². The standard InChI is InChI=1S/C5H2Cl2O2S/c6-2-1-10-4(3(2)7)5(8)9/h1H,(H,8,9). The molecule has 1 heterocycles. The Labute approximate surface area is 71.0 Å². The summed E-state index contributed by atoms with van der Waals surface area (Å²) in [6.45, 7) is 0. The van der Waals surface area contributed by atoms with E-state index in [1.807, 2.05) is 0 Å². The molecule has 1 aromatic heterocycles. The number of carbonyl (C=O) groups is 1. The summed E-state index contributed by atoms with van der Waals surface area (Å²) in [4.78, 5) is 10.4. The molecule has 0 aliphatic carbocycles. The van der Waals surface area contributed by atoms with E-state index in [1.54, 1.807) is 0 Å². The van der Waals surface area contributed by atoms with Crippen molar-refractivity contribution in [3.8, 4) is 0 Å². The van der Waals surface area contributed by atoms with E-state index in [1.165, 1.54) is 5.38 Å². The summed E-state index contributed by atoms with van der Waals surface area (Å²) in [6.07, 6.45) is 0. The maximum absolute atomic E-state index is 10.3. The maximum atomic E-state index is 10.3. The van der Waals surface area contributed by atoms with Crippen LogP contribution in [0.3, 0.4) is 0 Å². The number of aromatic carboxylic acids is 1. The number of carboxylic acid groups (broad SMARTS) is 1. The first-order valence-electron chi connectivity index (χ1n) is 2.28. The molecule has 0 aliphatic heterocycles. The quantitative estimate of drug-likeness (QED) is 0.751. The monoisotopic (exact) mass is 196 g/mol. The second kappa shape index (κ2) is 2.78.